The van der Waals surface area contributed by atoms with E-state index >= 15 is 0 Å². The first-order chi connectivity index (χ1) is 8.69. The molecule has 2 aromatic rings. The number of benzene rings is 2. The molecule has 0 saturated heterocycles. The van der Waals surface area contributed by atoms with Gasteiger partial charge >= 0.3 is 0 Å². The molecule has 0 aromatic heterocycles. The molecule has 0 aliphatic rings. The van der Waals surface area contributed by atoms with Gasteiger partial charge in [-0.25, -0.2) is 0 Å². The standard InChI is InChI=1S/C15H16INO/c1-11(17-2)12-6-8-14(9-7-12)18-15-5-3-4-13(16)10-15/h3-11,17H,1-2H3. The predicted octanol–water partition coefficient (Wildman–Crippen LogP) is 4.36. The molecule has 0 aliphatic heterocycles. The molecule has 18 heavy (non-hydrogen) atoms. The third-order valence-corrected chi connectivity index (χ3v) is 3.52. The van der Waals surface area contributed by atoms with Crippen molar-refractivity contribution < 1.29 is 4.74 Å². The number of hydrogen-bond donors (Lipinski definition) is 1. The molecular weight excluding hydrogens is 337 g/mol. The van der Waals surface area contributed by atoms with Crippen molar-refractivity contribution in [3.8, 4) is 11.5 Å². The minimum absolute atomic E-state index is 0.358. The van der Waals surface area contributed by atoms with Crippen LogP contribution in [0.1, 0.15) is 18.5 Å². The van der Waals surface area contributed by atoms with Crippen LogP contribution in [0.5, 0.6) is 11.5 Å². The van der Waals surface area contributed by atoms with Crippen LogP contribution < -0.4 is 10.1 Å². The van der Waals surface area contributed by atoms with Crippen LogP contribution in [0.4, 0.5) is 0 Å². The topological polar surface area (TPSA) is 21.3 Å². The molecule has 1 N–H and O–H groups in total. The van der Waals surface area contributed by atoms with Gasteiger partial charge in [-0.15, -0.1) is 0 Å². The summed E-state index contributed by atoms with van der Waals surface area (Å²) in [6, 6.07) is 16.6. The highest BCUT2D eigenvalue weighted by Gasteiger charge is 2.03. The monoisotopic (exact) mass is 353 g/mol. The zero-order chi connectivity index (χ0) is 13.0. The molecular formula is C15H16INO. The Balaban J connectivity index is 2.11. The summed E-state index contributed by atoms with van der Waals surface area (Å²) in [5, 5.41) is 3.22. The van der Waals surface area contributed by atoms with Crippen LogP contribution in [0.3, 0.4) is 0 Å². The van der Waals surface area contributed by atoms with E-state index < -0.39 is 0 Å². The molecule has 2 nitrogen and oxygen atoms in total. The van der Waals surface area contributed by atoms with Gasteiger partial charge in [-0.3, -0.25) is 0 Å². The first-order valence-corrected chi connectivity index (χ1v) is 6.97. The van der Waals surface area contributed by atoms with Crippen molar-refractivity contribution >= 4 is 22.6 Å². The summed E-state index contributed by atoms with van der Waals surface area (Å²) >= 11 is 2.28. The summed E-state index contributed by atoms with van der Waals surface area (Å²) in [5.74, 6) is 1.74. The number of rotatable bonds is 4. The lowest BCUT2D eigenvalue weighted by atomic mass is 10.1. The largest absolute Gasteiger partial charge is 0.457 e. The van der Waals surface area contributed by atoms with Crippen LogP contribution in [0.15, 0.2) is 48.5 Å². The van der Waals surface area contributed by atoms with E-state index in [2.05, 4.69) is 47.0 Å². The normalized spacial score (nSPS) is 12.2. The van der Waals surface area contributed by atoms with E-state index in [0.717, 1.165) is 11.5 Å². The van der Waals surface area contributed by atoms with Gasteiger partial charge in [0.25, 0.3) is 0 Å². The van der Waals surface area contributed by atoms with Crippen molar-refractivity contribution in [2.75, 3.05) is 7.05 Å². The molecule has 0 amide bonds. The average Bonchev–Trinajstić information content (AvgIpc) is 2.39. The maximum Gasteiger partial charge on any atom is 0.128 e. The molecule has 0 heterocycles. The molecule has 1 atom stereocenters. The average molecular weight is 353 g/mol. The molecule has 0 bridgehead atoms. The second kappa shape index (κ2) is 6.20. The van der Waals surface area contributed by atoms with E-state index in [4.69, 9.17) is 4.74 Å². The van der Waals surface area contributed by atoms with Gasteiger partial charge in [-0.1, -0.05) is 18.2 Å². The summed E-state index contributed by atoms with van der Waals surface area (Å²) in [6.45, 7) is 2.13. The van der Waals surface area contributed by atoms with E-state index in [9.17, 15) is 0 Å². The summed E-state index contributed by atoms with van der Waals surface area (Å²) < 4.78 is 6.97. The van der Waals surface area contributed by atoms with Crippen LogP contribution >= 0.6 is 22.6 Å². The van der Waals surface area contributed by atoms with E-state index in [-0.39, 0.29) is 0 Å². The van der Waals surface area contributed by atoms with Crippen LogP contribution in [0.2, 0.25) is 0 Å². The molecule has 0 fully saturated rings. The van der Waals surface area contributed by atoms with E-state index in [0.29, 0.717) is 6.04 Å². The van der Waals surface area contributed by atoms with Crippen LogP contribution in [0.25, 0.3) is 0 Å². The second-order valence-corrected chi connectivity index (χ2v) is 5.38. The lowest BCUT2D eigenvalue weighted by Crippen LogP contribution is -2.11. The van der Waals surface area contributed by atoms with Gasteiger partial charge in [0.15, 0.2) is 0 Å². The van der Waals surface area contributed by atoms with Gasteiger partial charge in [0.2, 0.25) is 0 Å². The third-order valence-electron chi connectivity index (χ3n) is 2.84. The Bertz CT molecular complexity index is 510. The smallest absolute Gasteiger partial charge is 0.128 e. The molecule has 0 aliphatic carbocycles. The van der Waals surface area contributed by atoms with Crippen molar-refractivity contribution in [1.29, 1.82) is 0 Å². The van der Waals surface area contributed by atoms with Crippen molar-refractivity contribution in [3.63, 3.8) is 0 Å². The molecule has 2 aromatic carbocycles. The van der Waals surface area contributed by atoms with E-state index in [1.54, 1.807) is 0 Å². The molecule has 3 heteroatoms. The Labute approximate surface area is 122 Å². The van der Waals surface area contributed by atoms with Gasteiger partial charge in [0.05, 0.1) is 0 Å². The third kappa shape index (κ3) is 3.46. The fraction of sp³-hybridized carbons (Fsp3) is 0.200. The minimum atomic E-state index is 0.358. The van der Waals surface area contributed by atoms with Crippen molar-refractivity contribution in [2.24, 2.45) is 0 Å². The van der Waals surface area contributed by atoms with Crippen LogP contribution in [-0.2, 0) is 0 Å². The van der Waals surface area contributed by atoms with Gasteiger partial charge in [0, 0.05) is 9.61 Å². The maximum absolute atomic E-state index is 5.80. The van der Waals surface area contributed by atoms with E-state index in [1.807, 2.05) is 43.4 Å². The molecule has 2 rings (SSSR count). The zero-order valence-corrected chi connectivity index (χ0v) is 12.6. The summed E-state index contributed by atoms with van der Waals surface area (Å²) in [6.07, 6.45) is 0. The highest BCUT2D eigenvalue weighted by atomic mass is 127. The van der Waals surface area contributed by atoms with Crippen LogP contribution in [-0.4, -0.2) is 7.05 Å². The van der Waals surface area contributed by atoms with Crippen molar-refractivity contribution in [3.05, 3.63) is 57.7 Å². The number of hydrogen-bond acceptors (Lipinski definition) is 2. The lowest BCUT2D eigenvalue weighted by molar-refractivity contribution is 0.481. The fourth-order valence-electron chi connectivity index (χ4n) is 1.66. The van der Waals surface area contributed by atoms with Crippen LogP contribution in [0, 0.1) is 3.57 Å². The molecule has 1 unspecified atom stereocenters. The molecule has 0 saturated carbocycles. The summed E-state index contributed by atoms with van der Waals surface area (Å²) in [4.78, 5) is 0. The number of nitrogens with one attached hydrogen (secondary N) is 1. The summed E-state index contributed by atoms with van der Waals surface area (Å²) in [7, 11) is 1.96. The fourth-order valence-corrected chi connectivity index (χ4v) is 2.17. The predicted molar refractivity (Wildman–Crippen MR) is 83.1 cm³/mol. The summed E-state index contributed by atoms with van der Waals surface area (Å²) in [5.41, 5.74) is 1.26. The van der Waals surface area contributed by atoms with Gasteiger partial charge < -0.3 is 10.1 Å². The van der Waals surface area contributed by atoms with Gasteiger partial charge in [-0.2, -0.15) is 0 Å². The molecule has 0 radical (unpaired) electrons. The quantitative estimate of drug-likeness (QED) is 0.825. The number of ether oxygens (including phenoxy) is 1. The Morgan fingerprint density at radius 3 is 2.39 bits per heavy atom. The Morgan fingerprint density at radius 2 is 1.78 bits per heavy atom. The Morgan fingerprint density at radius 1 is 1.06 bits per heavy atom. The molecule has 94 valence electrons. The Hall–Kier alpha value is -1.07. The van der Waals surface area contributed by atoms with Crippen molar-refractivity contribution in [2.45, 2.75) is 13.0 Å². The maximum atomic E-state index is 5.80. The second-order valence-electron chi connectivity index (χ2n) is 4.14. The lowest BCUT2D eigenvalue weighted by Gasteiger charge is -2.11. The SMILES string of the molecule is CNC(C)c1ccc(Oc2cccc(I)c2)cc1. The minimum Gasteiger partial charge on any atom is -0.457 e. The van der Waals surface area contributed by atoms with Gasteiger partial charge in [0.1, 0.15) is 11.5 Å². The van der Waals surface area contributed by atoms with E-state index in [1.165, 1.54) is 9.13 Å². The highest BCUT2D eigenvalue weighted by molar-refractivity contribution is 14.1. The zero-order valence-electron chi connectivity index (χ0n) is 10.5. The number of halogens is 1. The Kier molecular flexibility index (Phi) is 4.60. The first kappa shape index (κ1) is 13.4. The van der Waals surface area contributed by atoms with Crippen molar-refractivity contribution in [1.82, 2.24) is 5.32 Å². The highest BCUT2D eigenvalue weighted by Crippen LogP contribution is 2.24. The van der Waals surface area contributed by atoms with Gasteiger partial charge in [-0.05, 0) is 72.5 Å². The first-order valence-electron chi connectivity index (χ1n) is 5.89. The molecule has 0 spiro atoms.